The van der Waals surface area contributed by atoms with Crippen LogP contribution in [-0.4, -0.2) is 42.3 Å². The van der Waals surface area contributed by atoms with Crippen LogP contribution >= 0.6 is 0 Å². The molecule has 0 saturated heterocycles. The van der Waals surface area contributed by atoms with Gasteiger partial charge in [0.1, 0.15) is 29.9 Å². The Morgan fingerprint density at radius 1 is 0.871 bits per heavy atom. The van der Waals surface area contributed by atoms with E-state index in [1.54, 1.807) is 77.7 Å². The zero-order chi connectivity index (χ0) is 43.4. The van der Waals surface area contributed by atoms with Crippen LogP contribution in [0.5, 0.6) is 17.2 Å². The van der Waals surface area contributed by atoms with Crippen LogP contribution in [0.25, 0.3) is 11.1 Å². The lowest BCUT2D eigenvalue weighted by Gasteiger charge is -2.37. The van der Waals surface area contributed by atoms with Crippen LogP contribution in [0.3, 0.4) is 0 Å². The van der Waals surface area contributed by atoms with E-state index in [4.69, 9.17) is 19.5 Å². The summed E-state index contributed by atoms with van der Waals surface area (Å²) in [6, 6.07) is 39.3. The van der Waals surface area contributed by atoms with E-state index >= 15 is 0 Å². The van der Waals surface area contributed by atoms with Crippen LogP contribution in [0.15, 0.2) is 133 Å². The summed E-state index contributed by atoms with van der Waals surface area (Å²) in [4.78, 5) is 42.9. The molecule has 2 aliphatic heterocycles. The Labute approximate surface area is 355 Å². The lowest BCUT2D eigenvalue weighted by atomic mass is 9.91. The molecule has 3 amide bonds. The van der Waals surface area contributed by atoms with Crippen molar-refractivity contribution in [2.75, 3.05) is 19.0 Å². The number of nitriles is 1. The number of hydrogen-bond acceptors (Lipinski definition) is 7. The Morgan fingerprint density at radius 2 is 1.56 bits per heavy atom. The third-order valence-electron chi connectivity index (χ3n) is 10.9. The fraction of sp³-hybridized carbons (Fsp3) is 0.184. The van der Waals surface area contributed by atoms with E-state index in [9.17, 15) is 27.6 Å². The van der Waals surface area contributed by atoms with Crippen molar-refractivity contribution < 1.29 is 41.8 Å². The maximum Gasteiger partial charge on any atom is 0.419 e. The van der Waals surface area contributed by atoms with Gasteiger partial charge in [0, 0.05) is 30.6 Å². The van der Waals surface area contributed by atoms with E-state index in [1.165, 1.54) is 19.2 Å². The largest absolute Gasteiger partial charge is 0.496 e. The van der Waals surface area contributed by atoms with E-state index < -0.39 is 29.8 Å². The predicted octanol–water partition coefficient (Wildman–Crippen LogP) is 8.83. The molecule has 0 fully saturated rings. The smallest absolute Gasteiger partial charge is 0.419 e. The van der Waals surface area contributed by atoms with Gasteiger partial charge >= 0.3 is 6.18 Å². The lowest BCUT2D eigenvalue weighted by Crippen LogP contribution is -2.52. The number of alkyl halides is 3. The summed E-state index contributed by atoms with van der Waals surface area (Å²) in [5.74, 6) is -0.519. The van der Waals surface area contributed by atoms with Gasteiger partial charge in [-0.3, -0.25) is 14.4 Å². The molecule has 0 radical (unpaired) electrons. The number of methoxy groups -OCH3 is 1. The standard InChI is InChI=1S/C49H39F3N4O6/c1-60-43-20-11-32(23-40(43)49(50,51)52)29-61-39-18-16-35(17-19-39)45-47(58)55-41-24-37-25-42(56(28-38(37)26-44(41)62-45)48(59)36-5-3-2-4-6-36)46(57)54-22-21-30-7-12-33(13-8-30)34-14-9-31(27-53)10-15-34/h2-20,23-24,26,42,45H,21-22,25,28-29H2,1H3,(H,54,57)(H,55,58). The molecule has 6 aromatic carbocycles. The van der Waals surface area contributed by atoms with Crippen molar-refractivity contribution in [1.82, 2.24) is 10.2 Å². The summed E-state index contributed by atoms with van der Waals surface area (Å²) < 4.78 is 57.4. The van der Waals surface area contributed by atoms with Crippen LogP contribution in [0.1, 0.15) is 55.4 Å². The van der Waals surface area contributed by atoms with Crippen molar-refractivity contribution in [1.29, 1.82) is 5.26 Å². The highest BCUT2D eigenvalue weighted by atomic mass is 19.4. The van der Waals surface area contributed by atoms with Crippen molar-refractivity contribution in [3.8, 4) is 34.4 Å². The van der Waals surface area contributed by atoms with Crippen molar-refractivity contribution in [3.63, 3.8) is 0 Å². The Balaban J connectivity index is 0.943. The van der Waals surface area contributed by atoms with Gasteiger partial charge in [-0.25, -0.2) is 0 Å². The van der Waals surface area contributed by atoms with Gasteiger partial charge in [0.25, 0.3) is 11.8 Å². The number of carbonyl (C=O) groups excluding carboxylic acids is 3. The molecular formula is C49H39F3N4O6. The Kier molecular flexibility index (Phi) is 11.7. The Bertz CT molecular complexity index is 2660. The third kappa shape index (κ3) is 8.95. The first-order valence-corrected chi connectivity index (χ1v) is 19.8. The molecule has 0 aliphatic carbocycles. The predicted molar refractivity (Wildman–Crippen MR) is 224 cm³/mol. The van der Waals surface area contributed by atoms with Crippen molar-refractivity contribution in [2.45, 2.75) is 44.3 Å². The molecule has 10 nitrogen and oxygen atoms in total. The maximum absolute atomic E-state index is 14.0. The first kappa shape index (κ1) is 41.2. The van der Waals surface area contributed by atoms with Crippen molar-refractivity contribution in [3.05, 3.63) is 178 Å². The van der Waals surface area contributed by atoms with E-state index in [0.717, 1.165) is 33.9 Å². The zero-order valence-electron chi connectivity index (χ0n) is 33.4. The molecule has 0 spiro atoms. The number of anilines is 1. The lowest BCUT2D eigenvalue weighted by molar-refractivity contribution is -0.138. The fourth-order valence-electron chi connectivity index (χ4n) is 7.62. The number of nitrogens with one attached hydrogen (secondary N) is 2. The topological polar surface area (TPSA) is 130 Å². The fourth-order valence-corrected chi connectivity index (χ4v) is 7.62. The van der Waals surface area contributed by atoms with Gasteiger partial charge < -0.3 is 29.7 Å². The summed E-state index contributed by atoms with van der Waals surface area (Å²) in [6.45, 7) is 0.340. The second-order valence-corrected chi connectivity index (χ2v) is 14.9. The second kappa shape index (κ2) is 17.6. The van der Waals surface area contributed by atoms with Crippen LogP contribution in [0, 0.1) is 11.3 Å². The highest BCUT2D eigenvalue weighted by Gasteiger charge is 2.38. The zero-order valence-corrected chi connectivity index (χ0v) is 33.4. The molecule has 13 heteroatoms. The van der Waals surface area contributed by atoms with Gasteiger partial charge in [0.15, 0.2) is 0 Å². The van der Waals surface area contributed by atoms with Crippen LogP contribution in [-0.2, 0) is 41.8 Å². The number of benzene rings is 6. The first-order chi connectivity index (χ1) is 30.0. The number of halogens is 3. The molecule has 312 valence electrons. The molecule has 6 aromatic rings. The van der Waals surface area contributed by atoms with E-state index in [-0.39, 0.29) is 37.1 Å². The molecule has 2 atom stereocenters. The number of rotatable bonds is 11. The minimum absolute atomic E-state index is 0.123. The number of amides is 3. The van der Waals surface area contributed by atoms with Gasteiger partial charge in [0.05, 0.1) is 30.0 Å². The Hall–Kier alpha value is -7.59. The SMILES string of the molecule is COc1ccc(COc2ccc(C3Oc4cc5c(cc4NC3=O)CC(C(=O)NCCc3ccc(-c4ccc(C#N)cc4)cc3)N(C(=O)c3ccccc3)C5)cc2)cc1C(F)(F)F. The van der Waals surface area contributed by atoms with Gasteiger partial charge in [-0.15, -0.1) is 0 Å². The van der Waals surface area contributed by atoms with Gasteiger partial charge in [0.2, 0.25) is 12.0 Å². The van der Waals surface area contributed by atoms with Gasteiger partial charge in [-0.2, -0.15) is 18.4 Å². The first-order valence-electron chi connectivity index (χ1n) is 19.8. The molecular weight excluding hydrogens is 798 g/mol. The third-order valence-corrected chi connectivity index (χ3v) is 10.9. The number of fused-ring (bicyclic) bond motifs is 2. The Morgan fingerprint density at radius 3 is 2.24 bits per heavy atom. The normalized spacial score (nSPS) is 15.5. The van der Waals surface area contributed by atoms with E-state index in [0.29, 0.717) is 52.4 Å². The van der Waals surface area contributed by atoms with E-state index in [2.05, 4.69) is 16.7 Å². The average molecular weight is 837 g/mol. The summed E-state index contributed by atoms with van der Waals surface area (Å²) in [5.41, 5.74) is 5.99. The molecule has 0 bridgehead atoms. The summed E-state index contributed by atoms with van der Waals surface area (Å²) >= 11 is 0. The molecule has 62 heavy (non-hydrogen) atoms. The highest BCUT2D eigenvalue weighted by Crippen LogP contribution is 2.40. The highest BCUT2D eigenvalue weighted by molar-refractivity contribution is 6.00. The quantitative estimate of drug-likeness (QED) is 0.133. The van der Waals surface area contributed by atoms with Crippen LogP contribution < -0.4 is 24.8 Å². The molecule has 2 unspecified atom stereocenters. The molecule has 2 N–H and O–H groups in total. The van der Waals surface area contributed by atoms with E-state index in [1.807, 2.05) is 42.5 Å². The van der Waals surface area contributed by atoms with Crippen LogP contribution in [0.4, 0.5) is 18.9 Å². The minimum Gasteiger partial charge on any atom is -0.496 e. The monoisotopic (exact) mass is 836 g/mol. The summed E-state index contributed by atoms with van der Waals surface area (Å²) in [5, 5.41) is 15.1. The van der Waals surface area contributed by atoms with Gasteiger partial charge in [-0.05, 0) is 100 Å². The van der Waals surface area contributed by atoms with Crippen LogP contribution in [0.2, 0.25) is 0 Å². The molecule has 0 saturated carbocycles. The number of hydrogen-bond donors (Lipinski definition) is 2. The number of carbonyl (C=O) groups is 3. The maximum atomic E-state index is 14.0. The van der Waals surface area contributed by atoms with Crippen molar-refractivity contribution in [2.24, 2.45) is 0 Å². The summed E-state index contributed by atoms with van der Waals surface area (Å²) in [7, 11) is 1.18. The molecule has 0 aromatic heterocycles. The second-order valence-electron chi connectivity index (χ2n) is 14.9. The average Bonchev–Trinajstić information content (AvgIpc) is 3.29. The van der Waals surface area contributed by atoms with Gasteiger partial charge in [-0.1, -0.05) is 72.8 Å². The minimum atomic E-state index is -4.59. The molecule has 8 rings (SSSR count). The molecule has 2 heterocycles. The summed E-state index contributed by atoms with van der Waals surface area (Å²) in [6.07, 6.45) is -4.84. The number of ether oxygens (including phenoxy) is 3. The number of nitrogens with zero attached hydrogens (tertiary/aromatic N) is 2. The van der Waals surface area contributed by atoms with Crippen molar-refractivity contribution >= 4 is 23.4 Å². The molecule has 2 aliphatic rings.